The first-order valence-electron chi connectivity index (χ1n) is 15.6. The summed E-state index contributed by atoms with van der Waals surface area (Å²) in [7, 11) is 0. The maximum Gasteiger partial charge on any atom is 0.309 e. The molecule has 214 valence electrons. The molecule has 2 N–H and O–H groups in total. The van der Waals surface area contributed by atoms with Crippen LogP contribution in [0.15, 0.2) is 0 Å². The molecule has 4 heteroatoms. The summed E-state index contributed by atoms with van der Waals surface area (Å²) >= 11 is 0. The van der Waals surface area contributed by atoms with Crippen molar-refractivity contribution < 1.29 is 19.8 Å². The van der Waals surface area contributed by atoms with Gasteiger partial charge in [0.05, 0.1) is 5.41 Å². The van der Waals surface area contributed by atoms with Gasteiger partial charge in [-0.15, -0.1) is 0 Å². The molecule has 0 radical (unpaired) electrons. The molecule has 0 fully saturated rings. The van der Waals surface area contributed by atoms with Crippen molar-refractivity contribution in [3.05, 3.63) is 0 Å². The molecule has 0 aliphatic rings. The summed E-state index contributed by atoms with van der Waals surface area (Å²) in [6, 6.07) is 0. The van der Waals surface area contributed by atoms with E-state index in [0.717, 1.165) is 37.5 Å². The van der Waals surface area contributed by atoms with Crippen LogP contribution in [0.2, 0.25) is 0 Å². The molecule has 0 aromatic rings. The van der Waals surface area contributed by atoms with E-state index in [1.807, 2.05) is 0 Å². The molecular formula is C32H62O4. The van der Waals surface area contributed by atoms with Crippen LogP contribution in [0.25, 0.3) is 0 Å². The number of carboxylic acid groups (broad SMARTS) is 2. The number of carbonyl (C=O) groups is 2. The molecule has 0 atom stereocenters. The number of hydrogen-bond donors (Lipinski definition) is 2. The SMILES string of the molecule is CC(C)CCCCCCCCCCC(CCCCCCCCCCC(C)C)(CCCC(=O)O)C(=O)O. The molecule has 0 saturated heterocycles. The third-order valence-electron chi connectivity index (χ3n) is 7.87. The summed E-state index contributed by atoms with van der Waals surface area (Å²) in [5.41, 5.74) is -0.733. The summed E-state index contributed by atoms with van der Waals surface area (Å²) in [5.74, 6) is 0.0816. The smallest absolute Gasteiger partial charge is 0.309 e. The van der Waals surface area contributed by atoms with Crippen LogP contribution in [0.1, 0.15) is 175 Å². The fourth-order valence-electron chi connectivity index (χ4n) is 5.43. The van der Waals surface area contributed by atoms with Crippen molar-refractivity contribution in [2.24, 2.45) is 17.3 Å². The van der Waals surface area contributed by atoms with Gasteiger partial charge in [0.15, 0.2) is 0 Å². The lowest BCUT2D eigenvalue weighted by atomic mass is 9.74. The minimum Gasteiger partial charge on any atom is -0.481 e. The van der Waals surface area contributed by atoms with E-state index in [4.69, 9.17) is 5.11 Å². The van der Waals surface area contributed by atoms with E-state index in [9.17, 15) is 14.7 Å². The molecule has 0 aromatic carbocycles. The lowest BCUT2D eigenvalue weighted by Crippen LogP contribution is -2.31. The lowest BCUT2D eigenvalue weighted by molar-refractivity contribution is -0.151. The molecule has 0 amide bonds. The Kier molecular flexibility index (Phi) is 22.4. The zero-order valence-electron chi connectivity index (χ0n) is 24.6. The highest BCUT2D eigenvalue weighted by Gasteiger charge is 2.36. The van der Waals surface area contributed by atoms with Crippen LogP contribution in [0, 0.1) is 17.3 Å². The van der Waals surface area contributed by atoms with Gasteiger partial charge in [-0.25, -0.2) is 0 Å². The van der Waals surface area contributed by atoms with Gasteiger partial charge >= 0.3 is 11.9 Å². The average molecular weight is 511 g/mol. The van der Waals surface area contributed by atoms with Crippen molar-refractivity contribution in [2.45, 2.75) is 175 Å². The Morgan fingerprint density at radius 3 is 1.11 bits per heavy atom. The zero-order valence-corrected chi connectivity index (χ0v) is 24.6. The van der Waals surface area contributed by atoms with Crippen LogP contribution < -0.4 is 0 Å². The van der Waals surface area contributed by atoms with Crippen LogP contribution in [-0.2, 0) is 9.59 Å². The second kappa shape index (κ2) is 23.1. The first-order chi connectivity index (χ1) is 17.2. The molecule has 0 spiro atoms. The van der Waals surface area contributed by atoms with Gasteiger partial charge < -0.3 is 10.2 Å². The van der Waals surface area contributed by atoms with Gasteiger partial charge in [-0.1, -0.05) is 143 Å². The zero-order chi connectivity index (χ0) is 27.1. The Morgan fingerprint density at radius 1 is 0.500 bits per heavy atom. The monoisotopic (exact) mass is 510 g/mol. The average Bonchev–Trinajstić information content (AvgIpc) is 2.80. The molecule has 0 aromatic heterocycles. The molecule has 0 bridgehead atoms. The molecule has 0 saturated carbocycles. The van der Waals surface area contributed by atoms with Crippen molar-refractivity contribution >= 4 is 11.9 Å². The topological polar surface area (TPSA) is 74.6 Å². The van der Waals surface area contributed by atoms with E-state index in [2.05, 4.69) is 27.7 Å². The minimum absolute atomic E-state index is 0.0721. The standard InChI is InChI=1S/C32H62O4/c1-28(2)22-17-13-9-5-7-11-15-19-25-32(31(35)36,27-21-24-30(33)34)26-20-16-12-8-6-10-14-18-23-29(3)4/h28-29H,5-27H2,1-4H3,(H,33,34)(H,35,36). The third-order valence-corrected chi connectivity index (χ3v) is 7.87. The number of hydrogen-bond acceptors (Lipinski definition) is 2. The van der Waals surface area contributed by atoms with E-state index >= 15 is 0 Å². The van der Waals surface area contributed by atoms with E-state index in [1.54, 1.807) is 0 Å². The summed E-state index contributed by atoms with van der Waals surface area (Å²) in [5, 5.41) is 19.2. The van der Waals surface area contributed by atoms with Crippen LogP contribution in [-0.4, -0.2) is 22.2 Å². The first kappa shape index (κ1) is 34.9. The normalized spacial score (nSPS) is 12.1. The van der Waals surface area contributed by atoms with Gasteiger partial charge in [-0.3, -0.25) is 9.59 Å². The summed E-state index contributed by atoms with van der Waals surface area (Å²) < 4.78 is 0. The van der Waals surface area contributed by atoms with Gasteiger partial charge in [0.1, 0.15) is 0 Å². The minimum atomic E-state index is -0.823. The molecule has 0 unspecified atom stereocenters. The second-order valence-corrected chi connectivity index (χ2v) is 12.4. The molecule has 0 heterocycles. The highest BCUT2D eigenvalue weighted by molar-refractivity contribution is 5.74. The maximum absolute atomic E-state index is 12.4. The van der Waals surface area contributed by atoms with Crippen molar-refractivity contribution in [2.75, 3.05) is 0 Å². The Labute approximate surface area is 224 Å². The molecule has 36 heavy (non-hydrogen) atoms. The predicted octanol–water partition coefficient (Wildman–Crippen LogP) is 10.4. The van der Waals surface area contributed by atoms with E-state index in [0.29, 0.717) is 25.7 Å². The summed E-state index contributed by atoms with van der Waals surface area (Å²) in [4.78, 5) is 23.4. The van der Waals surface area contributed by atoms with Crippen molar-refractivity contribution in [1.29, 1.82) is 0 Å². The van der Waals surface area contributed by atoms with Gasteiger partial charge in [0.2, 0.25) is 0 Å². The number of aliphatic carboxylic acids is 2. The van der Waals surface area contributed by atoms with E-state index < -0.39 is 17.4 Å². The van der Waals surface area contributed by atoms with Crippen LogP contribution in [0.4, 0.5) is 0 Å². The Balaban J connectivity index is 4.28. The van der Waals surface area contributed by atoms with Crippen LogP contribution in [0.3, 0.4) is 0 Å². The molecule has 0 aliphatic carbocycles. The third kappa shape index (κ3) is 21.1. The van der Waals surface area contributed by atoms with Gasteiger partial charge in [0.25, 0.3) is 0 Å². The highest BCUT2D eigenvalue weighted by atomic mass is 16.4. The molecule has 0 rings (SSSR count). The van der Waals surface area contributed by atoms with Gasteiger partial charge in [-0.05, 0) is 37.5 Å². The number of carboxylic acids is 2. The lowest BCUT2D eigenvalue weighted by Gasteiger charge is -2.30. The van der Waals surface area contributed by atoms with Gasteiger partial charge in [0, 0.05) is 6.42 Å². The van der Waals surface area contributed by atoms with E-state index in [1.165, 1.54) is 89.9 Å². The molecular weight excluding hydrogens is 448 g/mol. The van der Waals surface area contributed by atoms with Crippen LogP contribution in [0.5, 0.6) is 0 Å². The first-order valence-corrected chi connectivity index (χ1v) is 15.6. The van der Waals surface area contributed by atoms with Crippen molar-refractivity contribution in [3.63, 3.8) is 0 Å². The molecule has 4 nitrogen and oxygen atoms in total. The Bertz CT molecular complexity index is 498. The number of rotatable bonds is 27. The second-order valence-electron chi connectivity index (χ2n) is 12.4. The maximum atomic E-state index is 12.4. The van der Waals surface area contributed by atoms with Crippen molar-refractivity contribution in [3.8, 4) is 0 Å². The number of unbranched alkanes of at least 4 members (excludes halogenated alkanes) is 14. The van der Waals surface area contributed by atoms with Gasteiger partial charge in [-0.2, -0.15) is 0 Å². The fraction of sp³-hybridized carbons (Fsp3) is 0.938. The van der Waals surface area contributed by atoms with E-state index in [-0.39, 0.29) is 6.42 Å². The highest BCUT2D eigenvalue weighted by Crippen LogP contribution is 2.37. The van der Waals surface area contributed by atoms with Crippen molar-refractivity contribution in [1.82, 2.24) is 0 Å². The fourth-order valence-corrected chi connectivity index (χ4v) is 5.43. The largest absolute Gasteiger partial charge is 0.481 e. The summed E-state index contributed by atoms with van der Waals surface area (Å²) in [6.07, 6.45) is 24.6. The Hall–Kier alpha value is -1.06. The Morgan fingerprint density at radius 2 is 0.806 bits per heavy atom. The predicted molar refractivity (Wildman–Crippen MR) is 154 cm³/mol. The van der Waals surface area contributed by atoms with Crippen LogP contribution >= 0.6 is 0 Å². The quantitative estimate of drug-likeness (QED) is 0.108. The summed E-state index contributed by atoms with van der Waals surface area (Å²) in [6.45, 7) is 9.15. The molecule has 0 aliphatic heterocycles.